The van der Waals surface area contributed by atoms with Crippen LogP contribution in [0.4, 0.5) is 0 Å². The Bertz CT molecular complexity index is 199. The summed E-state index contributed by atoms with van der Waals surface area (Å²) in [7, 11) is 0. The molecule has 1 saturated heterocycles. The van der Waals surface area contributed by atoms with Crippen LogP contribution in [0.5, 0.6) is 0 Å². The number of carbonyl (C=O) groups excluding carboxylic acids is 1. The highest BCUT2D eigenvalue weighted by Gasteiger charge is 2.57. The Balaban J connectivity index is 1.95. The molecule has 2 saturated carbocycles. The minimum Gasteiger partial charge on any atom is -0.352 e. The molecule has 2 aliphatic carbocycles. The number of amides is 1. The molecule has 0 aromatic carbocycles. The van der Waals surface area contributed by atoms with E-state index in [1.165, 1.54) is 19.3 Å². The summed E-state index contributed by atoms with van der Waals surface area (Å²) < 4.78 is 0. The summed E-state index contributed by atoms with van der Waals surface area (Å²) in [5, 5.41) is 3.00. The monoisotopic (exact) mass is 137 g/mol. The third-order valence-electron chi connectivity index (χ3n) is 3.53. The van der Waals surface area contributed by atoms with E-state index in [1.54, 1.807) is 0 Å². The molecule has 1 aliphatic heterocycles. The predicted molar refractivity (Wildman–Crippen MR) is 36.3 cm³/mol. The smallest absolute Gasteiger partial charge is 0.225 e. The maximum absolute atomic E-state index is 11.0. The fourth-order valence-electron chi connectivity index (χ4n) is 3.04. The molecule has 10 heavy (non-hydrogen) atoms. The highest BCUT2D eigenvalue weighted by molar-refractivity contribution is 5.87. The minimum absolute atomic E-state index is 0.331. The number of hydrogen-bond donors (Lipinski definition) is 1. The SMILES string of the molecule is O=C1N[C@H]2[C@H]3CC[C@H](C3)[C@H]12. The largest absolute Gasteiger partial charge is 0.352 e. The fourth-order valence-corrected chi connectivity index (χ4v) is 3.04. The van der Waals surface area contributed by atoms with Crippen molar-refractivity contribution in [2.75, 3.05) is 0 Å². The van der Waals surface area contributed by atoms with Crippen LogP contribution in [-0.4, -0.2) is 11.9 Å². The summed E-state index contributed by atoms with van der Waals surface area (Å²) in [6.45, 7) is 0. The summed E-state index contributed by atoms with van der Waals surface area (Å²) in [6, 6.07) is 0.603. The Morgan fingerprint density at radius 2 is 2.10 bits per heavy atom. The first-order valence-electron chi connectivity index (χ1n) is 4.16. The second-order valence-electron chi connectivity index (χ2n) is 3.89. The zero-order valence-electron chi connectivity index (χ0n) is 5.84. The summed E-state index contributed by atoms with van der Waals surface area (Å²) in [5.74, 6) is 2.40. The zero-order valence-corrected chi connectivity index (χ0v) is 5.84. The van der Waals surface area contributed by atoms with Gasteiger partial charge >= 0.3 is 0 Å². The molecule has 3 aliphatic rings. The van der Waals surface area contributed by atoms with Crippen molar-refractivity contribution in [3.8, 4) is 0 Å². The van der Waals surface area contributed by atoms with E-state index in [-0.39, 0.29) is 0 Å². The maximum atomic E-state index is 11.0. The Morgan fingerprint density at radius 1 is 1.30 bits per heavy atom. The van der Waals surface area contributed by atoms with E-state index in [0.717, 1.165) is 11.8 Å². The van der Waals surface area contributed by atoms with E-state index in [0.29, 0.717) is 17.9 Å². The minimum atomic E-state index is 0.331. The van der Waals surface area contributed by atoms with Crippen LogP contribution in [-0.2, 0) is 4.79 Å². The van der Waals surface area contributed by atoms with Crippen molar-refractivity contribution in [2.24, 2.45) is 17.8 Å². The lowest BCUT2D eigenvalue weighted by molar-refractivity contribution is -0.137. The molecule has 0 aromatic heterocycles. The van der Waals surface area contributed by atoms with Crippen molar-refractivity contribution in [3.63, 3.8) is 0 Å². The molecule has 0 unspecified atom stereocenters. The van der Waals surface area contributed by atoms with Crippen LogP contribution in [0.1, 0.15) is 19.3 Å². The Kier molecular flexibility index (Phi) is 0.715. The third kappa shape index (κ3) is 0.386. The van der Waals surface area contributed by atoms with Gasteiger partial charge in [0.15, 0.2) is 0 Å². The maximum Gasteiger partial charge on any atom is 0.225 e. The van der Waals surface area contributed by atoms with E-state index in [4.69, 9.17) is 0 Å². The van der Waals surface area contributed by atoms with Crippen molar-refractivity contribution in [1.82, 2.24) is 5.32 Å². The van der Waals surface area contributed by atoms with Crippen LogP contribution in [0.15, 0.2) is 0 Å². The molecule has 3 fully saturated rings. The summed E-state index contributed by atoms with van der Waals surface area (Å²) in [6.07, 6.45) is 4.01. The second-order valence-corrected chi connectivity index (χ2v) is 3.89. The van der Waals surface area contributed by atoms with Gasteiger partial charge in [-0.05, 0) is 31.1 Å². The average Bonchev–Trinajstić information content (AvgIpc) is 2.40. The number of nitrogens with one attached hydrogen (secondary N) is 1. The number of hydrogen-bond acceptors (Lipinski definition) is 1. The molecule has 2 nitrogen and oxygen atoms in total. The highest BCUT2D eigenvalue weighted by Crippen LogP contribution is 2.51. The normalized spacial score (nSPS) is 55.8. The Labute approximate surface area is 60.0 Å². The molecular weight excluding hydrogens is 126 g/mol. The summed E-state index contributed by atoms with van der Waals surface area (Å²) in [4.78, 5) is 11.0. The predicted octanol–water partition coefficient (Wildman–Crippen LogP) is 0.531. The van der Waals surface area contributed by atoms with Gasteiger partial charge in [0.05, 0.1) is 5.92 Å². The average molecular weight is 137 g/mol. The number of rotatable bonds is 0. The van der Waals surface area contributed by atoms with E-state index in [2.05, 4.69) is 5.32 Å². The van der Waals surface area contributed by atoms with Gasteiger partial charge in [-0.3, -0.25) is 4.79 Å². The molecule has 3 rings (SSSR count). The van der Waals surface area contributed by atoms with Crippen LogP contribution >= 0.6 is 0 Å². The van der Waals surface area contributed by atoms with Crippen LogP contribution in [0, 0.1) is 17.8 Å². The molecule has 2 bridgehead atoms. The first-order chi connectivity index (χ1) is 4.86. The van der Waals surface area contributed by atoms with E-state index >= 15 is 0 Å². The molecule has 54 valence electrons. The first kappa shape index (κ1) is 5.16. The van der Waals surface area contributed by atoms with E-state index < -0.39 is 0 Å². The van der Waals surface area contributed by atoms with Gasteiger partial charge in [0.25, 0.3) is 0 Å². The molecule has 4 atom stereocenters. The molecule has 2 heteroatoms. The first-order valence-corrected chi connectivity index (χ1v) is 4.16. The fraction of sp³-hybridized carbons (Fsp3) is 0.875. The van der Waals surface area contributed by atoms with Gasteiger partial charge in [0.1, 0.15) is 0 Å². The molecule has 1 amide bonds. The van der Waals surface area contributed by atoms with Crippen LogP contribution in [0.3, 0.4) is 0 Å². The van der Waals surface area contributed by atoms with Crippen LogP contribution in [0.2, 0.25) is 0 Å². The summed E-state index contributed by atoms with van der Waals surface area (Å²) >= 11 is 0. The van der Waals surface area contributed by atoms with Crippen molar-refractivity contribution < 1.29 is 4.79 Å². The Morgan fingerprint density at radius 3 is 2.70 bits per heavy atom. The zero-order chi connectivity index (χ0) is 6.72. The highest BCUT2D eigenvalue weighted by atomic mass is 16.2. The van der Waals surface area contributed by atoms with Gasteiger partial charge in [0.2, 0.25) is 5.91 Å². The van der Waals surface area contributed by atoms with Gasteiger partial charge in [-0.1, -0.05) is 0 Å². The quantitative estimate of drug-likeness (QED) is 0.485. The van der Waals surface area contributed by atoms with Crippen LogP contribution < -0.4 is 5.32 Å². The van der Waals surface area contributed by atoms with Gasteiger partial charge in [-0.15, -0.1) is 0 Å². The van der Waals surface area contributed by atoms with Gasteiger partial charge < -0.3 is 5.32 Å². The number of fused-ring (bicyclic) bond motifs is 5. The topological polar surface area (TPSA) is 29.1 Å². The molecule has 1 N–H and O–H groups in total. The van der Waals surface area contributed by atoms with Gasteiger partial charge in [0, 0.05) is 6.04 Å². The number of β-lactam (4-membered cyclic amide) rings is 1. The number of carbonyl (C=O) groups is 1. The van der Waals surface area contributed by atoms with Crippen molar-refractivity contribution in [1.29, 1.82) is 0 Å². The standard InChI is InChI=1S/C8H11NO/c10-8-6-4-1-2-5(3-4)7(6)9-8/h4-7H,1-3H2,(H,9,10)/t4-,5+,6+,7+/m1/s1. The summed E-state index contributed by atoms with van der Waals surface area (Å²) in [5.41, 5.74) is 0. The van der Waals surface area contributed by atoms with Crippen molar-refractivity contribution in [3.05, 3.63) is 0 Å². The van der Waals surface area contributed by atoms with Crippen LogP contribution in [0.25, 0.3) is 0 Å². The van der Waals surface area contributed by atoms with E-state index in [1.807, 2.05) is 0 Å². The lowest BCUT2D eigenvalue weighted by Gasteiger charge is -2.39. The Hall–Kier alpha value is -0.530. The van der Waals surface area contributed by atoms with E-state index in [9.17, 15) is 4.79 Å². The van der Waals surface area contributed by atoms with Gasteiger partial charge in [-0.25, -0.2) is 0 Å². The molecule has 0 spiro atoms. The third-order valence-corrected chi connectivity index (χ3v) is 3.53. The molecule has 0 aromatic rings. The second kappa shape index (κ2) is 1.39. The van der Waals surface area contributed by atoms with Crippen molar-refractivity contribution in [2.45, 2.75) is 25.3 Å². The van der Waals surface area contributed by atoms with Crippen molar-refractivity contribution >= 4 is 5.91 Å². The molecule has 0 radical (unpaired) electrons. The lowest BCUT2D eigenvalue weighted by Crippen LogP contribution is -2.60. The van der Waals surface area contributed by atoms with Gasteiger partial charge in [-0.2, -0.15) is 0 Å². The molecular formula is C8H11NO. The lowest BCUT2D eigenvalue weighted by atomic mass is 9.78. The molecule has 1 heterocycles.